The fourth-order valence-electron chi connectivity index (χ4n) is 1.55. The number of methoxy groups -OCH3 is 1. The Morgan fingerprint density at radius 1 is 1.33 bits per heavy atom. The first-order valence-electron chi connectivity index (χ1n) is 6.81. The lowest BCUT2D eigenvalue weighted by Gasteiger charge is -2.07. The lowest BCUT2D eigenvalue weighted by atomic mass is 10.2. The highest BCUT2D eigenvalue weighted by Crippen LogP contribution is 2.12. The normalized spacial score (nSPS) is 12.0. The molecule has 1 rings (SSSR count). The third kappa shape index (κ3) is 7.94. The molecular weight excluding hydrogens is 292 g/mol. The molecule has 1 aromatic carbocycles. The highest BCUT2D eigenvalue weighted by atomic mass is 32.2. The molecule has 0 heterocycles. The Bertz CT molecular complexity index is 407. The van der Waals surface area contributed by atoms with Crippen LogP contribution in [0.1, 0.15) is 18.4 Å². The van der Waals surface area contributed by atoms with E-state index in [1.807, 2.05) is 24.3 Å². The molecule has 5 nitrogen and oxygen atoms in total. The smallest absolute Gasteiger partial charge is 0.306 e. The molecule has 0 aromatic heterocycles. The largest absolute Gasteiger partial charge is 0.497 e. The van der Waals surface area contributed by atoms with Crippen LogP contribution in [0, 0.1) is 0 Å². The summed E-state index contributed by atoms with van der Waals surface area (Å²) in [4.78, 5) is 11.5. The number of hydrogen-bond acceptors (Lipinski definition) is 6. The topological polar surface area (TPSA) is 76.0 Å². The monoisotopic (exact) mass is 314 g/mol. The highest BCUT2D eigenvalue weighted by molar-refractivity contribution is 7.99. The molecule has 0 fully saturated rings. The standard InChI is InChI=1S/C15H22O5S/c1-19-14-6-4-12(5-7-14)10-20-15(18)3-2-8-21-11-13(17)9-16/h4-7,13,16-17H,2-3,8-11H2,1H3. The zero-order chi connectivity index (χ0) is 15.5. The molecule has 0 amide bonds. The summed E-state index contributed by atoms with van der Waals surface area (Å²) in [6.07, 6.45) is 0.375. The summed E-state index contributed by atoms with van der Waals surface area (Å²) in [5.41, 5.74) is 0.921. The van der Waals surface area contributed by atoms with E-state index in [-0.39, 0.29) is 19.2 Å². The summed E-state index contributed by atoms with van der Waals surface area (Å²) < 4.78 is 10.2. The van der Waals surface area contributed by atoms with Crippen LogP contribution in [0.15, 0.2) is 24.3 Å². The number of rotatable bonds is 10. The van der Waals surface area contributed by atoms with Gasteiger partial charge in [0.05, 0.1) is 19.8 Å². The number of ether oxygens (including phenoxy) is 2. The molecule has 21 heavy (non-hydrogen) atoms. The molecule has 0 saturated heterocycles. The second-order valence-corrected chi connectivity index (χ2v) is 5.67. The predicted octanol–water partition coefficient (Wildman–Crippen LogP) is 1.60. The van der Waals surface area contributed by atoms with Crippen LogP contribution in [-0.4, -0.2) is 47.5 Å². The predicted molar refractivity (Wildman–Crippen MR) is 82.4 cm³/mol. The SMILES string of the molecule is COc1ccc(COC(=O)CCCSCC(O)CO)cc1. The molecule has 0 saturated carbocycles. The van der Waals surface area contributed by atoms with E-state index in [1.54, 1.807) is 7.11 Å². The average Bonchev–Trinajstić information content (AvgIpc) is 2.52. The van der Waals surface area contributed by atoms with Crippen molar-refractivity contribution in [3.63, 3.8) is 0 Å². The van der Waals surface area contributed by atoms with E-state index < -0.39 is 6.10 Å². The fraction of sp³-hybridized carbons (Fsp3) is 0.533. The molecule has 0 bridgehead atoms. The van der Waals surface area contributed by atoms with Crippen LogP contribution in [0.5, 0.6) is 5.75 Å². The molecule has 0 aliphatic rings. The second kappa shape index (κ2) is 10.5. The van der Waals surface area contributed by atoms with Crippen molar-refractivity contribution in [3.05, 3.63) is 29.8 Å². The van der Waals surface area contributed by atoms with E-state index in [4.69, 9.17) is 19.7 Å². The number of aliphatic hydroxyl groups excluding tert-OH is 2. The van der Waals surface area contributed by atoms with Crippen LogP contribution < -0.4 is 4.74 Å². The van der Waals surface area contributed by atoms with Crippen LogP contribution in [-0.2, 0) is 16.1 Å². The highest BCUT2D eigenvalue weighted by Gasteiger charge is 2.05. The van der Waals surface area contributed by atoms with Gasteiger partial charge in [0.1, 0.15) is 12.4 Å². The summed E-state index contributed by atoms with van der Waals surface area (Å²) in [6, 6.07) is 7.37. The van der Waals surface area contributed by atoms with Crippen molar-refractivity contribution in [2.24, 2.45) is 0 Å². The number of thioether (sulfide) groups is 1. The third-order valence-electron chi connectivity index (χ3n) is 2.75. The van der Waals surface area contributed by atoms with E-state index >= 15 is 0 Å². The van der Waals surface area contributed by atoms with Crippen molar-refractivity contribution >= 4 is 17.7 Å². The molecule has 1 aromatic rings. The second-order valence-electron chi connectivity index (χ2n) is 4.52. The maximum absolute atomic E-state index is 11.5. The number of esters is 1. The molecule has 0 aliphatic carbocycles. The van der Waals surface area contributed by atoms with Crippen molar-refractivity contribution in [2.75, 3.05) is 25.2 Å². The molecule has 1 unspecified atom stereocenters. The van der Waals surface area contributed by atoms with Gasteiger partial charge in [0.25, 0.3) is 0 Å². The summed E-state index contributed by atoms with van der Waals surface area (Å²) in [5.74, 6) is 1.79. The summed E-state index contributed by atoms with van der Waals surface area (Å²) >= 11 is 1.51. The van der Waals surface area contributed by atoms with Crippen LogP contribution in [0.4, 0.5) is 0 Å². The van der Waals surface area contributed by atoms with E-state index in [1.165, 1.54) is 11.8 Å². The zero-order valence-electron chi connectivity index (χ0n) is 12.2. The Morgan fingerprint density at radius 3 is 2.67 bits per heavy atom. The summed E-state index contributed by atoms with van der Waals surface area (Å²) in [6.45, 7) is 0.0378. The Labute approximate surface area is 129 Å². The van der Waals surface area contributed by atoms with Gasteiger partial charge in [-0.05, 0) is 29.9 Å². The van der Waals surface area contributed by atoms with Gasteiger partial charge in [0.2, 0.25) is 0 Å². The minimum absolute atomic E-state index is 0.225. The number of carbonyl (C=O) groups excluding carboxylic acids is 1. The van der Waals surface area contributed by atoms with Gasteiger partial charge in [-0.3, -0.25) is 4.79 Å². The minimum Gasteiger partial charge on any atom is -0.497 e. The van der Waals surface area contributed by atoms with Crippen molar-refractivity contribution in [3.8, 4) is 5.75 Å². The van der Waals surface area contributed by atoms with Gasteiger partial charge in [0.15, 0.2) is 0 Å². The molecule has 6 heteroatoms. The molecule has 0 aliphatic heterocycles. The van der Waals surface area contributed by atoms with Gasteiger partial charge in [-0.1, -0.05) is 12.1 Å². The molecule has 118 valence electrons. The van der Waals surface area contributed by atoms with Crippen molar-refractivity contribution in [1.82, 2.24) is 0 Å². The van der Waals surface area contributed by atoms with Crippen molar-refractivity contribution in [2.45, 2.75) is 25.6 Å². The number of benzene rings is 1. The number of aliphatic hydroxyl groups is 2. The first-order chi connectivity index (χ1) is 10.2. The Balaban J connectivity index is 2.10. The Morgan fingerprint density at radius 2 is 2.05 bits per heavy atom. The molecule has 1 atom stereocenters. The van der Waals surface area contributed by atoms with Gasteiger partial charge in [-0.2, -0.15) is 11.8 Å². The summed E-state index contributed by atoms with van der Waals surface area (Å²) in [5, 5.41) is 17.8. The first kappa shape index (κ1) is 17.8. The minimum atomic E-state index is -0.683. The average molecular weight is 314 g/mol. The van der Waals surface area contributed by atoms with Crippen LogP contribution >= 0.6 is 11.8 Å². The van der Waals surface area contributed by atoms with Gasteiger partial charge in [-0.25, -0.2) is 0 Å². The quantitative estimate of drug-likeness (QED) is 0.505. The number of hydrogen-bond donors (Lipinski definition) is 2. The maximum Gasteiger partial charge on any atom is 0.306 e. The lowest BCUT2D eigenvalue weighted by molar-refractivity contribution is -0.144. The van der Waals surface area contributed by atoms with Crippen LogP contribution in [0.3, 0.4) is 0 Å². The molecule has 0 radical (unpaired) electrons. The Kier molecular flexibility index (Phi) is 8.89. The zero-order valence-corrected chi connectivity index (χ0v) is 13.0. The molecule has 2 N–H and O–H groups in total. The van der Waals surface area contributed by atoms with Gasteiger partial charge >= 0.3 is 5.97 Å². The molecular formula is C15H22O5S. The van der Waals surface area contributed by atoms with Crippen molar-refractivity contribution in [1.29, 1.82) is 0 Å². The first-order valence-corrected chi connectivity index (χ1v) is 7.96. The van der Waals surface area contributed by atoms with Crippen LogP contribution in [0.2, 0.25) is 0 Å². The summed E-state index contributed by atoms with van der Waals surface area (Å²) in [7, 11) is 1.60. The maximum atomic E-state index is 11.5. The third-order valence-corrected chi connectivity index (χ3v) is 3.95. The lowest BCUT2D eigenvalue weighted by Crippen LogP contribution is -2.15. The fourth-order valence-corrected chi connectivity index (χ4v) is 2.44. The molecule has 0 spiro atoms. The van der Waals surface area contributed by atoms with Crippen molar-refractivity contribution < 1.29 is 24.5 Å². The van der Waals surface area contributed by atoms with E-state index in [0.717, 1.165) is 17.1 Å². The van der Waals surface area contributed by atoms with Gasteiger partial charge in [0, 0.05) is 12.2 Å². The van der Waals surface area contributed by atoms with E-state index in [0.29, 0.717) is 18.6 Å². The van der Waals surface area contributed by atoms with Gasteiger partial charge < -0.3 is 19.7 Å². The Hall–Kier alpha value is -1.24. The van der Waals surface area contributed by atoms with E-state index in [2.05, 4.69) is 0 Å². The van der Waals surface area contributed by atoms with E-state index in [9.17, 15) is 4.79 Å². The number of carbonyl (C=O) groups is 1. The van der Waals surface area contributed by atoms with Crippen LogP contribution in [0.25, 0.3) is 0 Å². The van der Waals surface area contributed by atoms with Gasteiger partial charge in [-0.15, -0.1) is 0 Å².